The van der Waals surface area contributed by atoms with Crippen LogP contribution in [0.15, 0.2) is 48.5 Å². The van der Waals surface area contributed by atoms with Crippen LogP contribution in [0.1, 0.15) is 24.5 Å². The molecule has 0 saturated carbocycles. The Morgan fingerprint density at radius 2 is 1.84 bits per heavy atom. The molecule has 100 valence electrons. The zero-order valence-corrected chi connectivity index (χ0v) is 11.2. The van der Waals surface area contributed by atoms with Crippen molar-refractivity contribution in [3.63, 3.8) is 0 Å². The predicted molar refractivity (Wildman–Crippen MR) is 74.7 cm³/mol. The van der Waals surface area contributed by atoms with Gasteiger partial charge in [-0.2, -0.15) is 0 Å². The first-order valence-electron chi connectivity index (χ1n) is 6.30. The van der Waals surface area contributed by atoms with E-state index in [4.69, 9.17) is 10.5 Å². The lowest BCUT2D eigenvalue weighted by atomic mass is 9.81. The Labute approximate surface area is 113 Å². The van der Waals surface area contributed by atoms with Crippen molar-refractivity contribution in [1.29, 1.82) is 0 Å². The first-order valence-corrected chi connectivity index (χ1v) is 6.30. The van der Waals surface area contributed by atoms with Crippen molar-refractivity contribution >= 4 is 0 Å². The minimum absolute atomic E-state index is 0.340. The number of methoxy groups -OCH3 is 1. The van der Waals surface area contributed by atoms with Gasteiger partial charge >= 0.3 is 0 Å². The summed E-state index contributed by atoms with van der Waals surface area (Å²) in [4.78, 5) is 0. The molecule has 0 aromatic heterocycles. The van der Waals surface area contributed by atoms with Crippen molar-refractivity contribution in [1.82, 2.24) is 0 Å². The summed E-state index contributed by atoms with van der Waals surface area (Å²) in [7, 11) is 1.52. The molecule has 19 heavy (non-hydrogen) atoms. The number of rotatable bonds is 4. The quantitative estimate of drug-likeness (QED) is 0.912. The van der Waals surface area contributed by atoms with Gasteiger partial charge in [-0.3, -0.25) is 0 Å². The molecule has 2 aromatic rings. The first kappa shape index (κ1) is 13.6. The van der Waals surface area contributed by atoms with E-state index >= 15 is 0 Å². The minimum atomic E-state index is -0.822. The summed E-state index contributed by atoms with van der Waals surface area (Å²) in [5.74, 6) is 0.153. The molecule has 0 aliphatic carbocycles. The fourth-order valence-corrected chi connectivity index (χ4v) is 2.27. The molecule has 3 heteroatoms. The molecule has 0 heterocycles. The molecular formula is C16H18FNO. The fourth-order valence-electron chi connectivity index (χ4n) is 2.27. The van der Waals surface area contributed by atoms with Crippen LogP contribution in [0.5, 0.6) is 5.75 Å². The van der Waals surface area contributed by atoms with Gasteiger partial charge in [0.25, 0.3) is 0 Å². The summed E-state index contributed by atoms with van der Waals surface area (Å²) >= 11 is 0. The Bertz CT molecular complexity index is 556. The van der Waals surface area contributed by atoms with E-state index in [1.54, 1.807) is 12.1 Å². The smallest absolute Gasteiger partial charge is 0.132 e. The molecule has 0 amide bonds. The molecule has 0 aliphatic rings. The summed E-state index contributed by atoms with van der Waals surface area (Å²) in [6, 6.07) is 14.4. The van der Waals surface area contributed by atoms with Crippen LogP contribution in [-0.2, 0) is 5.54 Å². The average Bonchev–Trinajstić information content (AvgIpc) is 2.47. The lowest BCUT2D eigenvalue weighted by Crippen LogP contribution is -2.38. The van der Waals surface area contributed by atoms with Crippen molar-refractivity contribution in [2.75, 3.05) is 7.11 Å². The summed E-state index contributed by atoms with van der Waals surface area (Å²) < 4.78 is 19.3. The van der Waals surface area contributed by atoms with Crippen LogP contribution in [0.3, 0.4) is 0 Å². The highest BCUT2D eigenvalue weighted by Gasteiger charge is 2.30. The van der Waals surface area contributed by atoms with E-state index in [1.807, 2.05) is 37.3 Å². The Balaban J connectivity index is 2.53. The second kappa shape index (κ2) is 5.41. The SMILES string of the molecule is CCC(N)(c1ccccc1)c1ccc(OC)cc1F. The third-order valence-electron chi connectivity index (χ3n) is 3.50. The van der Waals surface area contributed by atoms with Crippen molar-refractivity contribution in [3.8, 4) is 5.75 Å². The average molecular weight is 259 g/mol. The van der Waals surface area contributed by atoms with Gasteiger partial charge in [0.1, 0.15) is 11.6 Å². The van der Waals surface area contributed by atoms with E-state index in [2.05, 4.69) is 0 Å². The maximum Gasteiger partial charge on any atom is 0.132 e. The molecule has 0 spiro atoms. The highest BCUT2D eigenvalue weighted by Crippen LogP contribution is 2.33. The van der Waals surface area contributed by atoms with E-state index in [1.165, 1.54) is 13.2 Å². The Morgan fingerprint density at radius 1 is 1.16 bits per heavy atom. The third kappa shape index (κ3) is 2.47. The van der Waals surface area contributed by atoms with Crippen molar-refractivity contribution in [2.24, 2.45) is 5.73 Å². The fraction of sp³-hybridized carbons (Fsp3) is 0.250. The Kier molecular flexibility index (Phi) is 3.86. The van der Waals surface area contributed by atoms with Gasteiger partial charge in [-0.1, -0.05) is 43.3 Å². The van der Waals surface area contributed by atoms with Gasteiger partial charge in [0.2, 0.25) is 0 Å². The zero-order valence-electron chi connectivity index (χ0n) is 11.2. The van der Waals surface area contributed by atoms with Crippen molar-refractivity contribution in [2.45, 2.75) is 18.9 Å². The molecule has 0 radical (unpaired) electrons. The molecule has 1 unspecified atom stereocenters. The number of hydrogen-bond acceptors (Lipinski definition) is 2. The molecule has 2 aromatic carbocycles. The van der Waals surface area contributed by atoms with Gasteiger partial charge in [-0.25, -0.2) is 4.39 Å². The van der Waals surface area contributed by atoms with E-state index < -0.39 is 5.54 Å². The van der Waals surface area contributed by atoms with Gasteiger partial charge in [0, 0.05) is 11.6 Å². The van der Waals surface area contributed by atoms with E-state index in [-0.39, 0.29) is 5.82 Å². The molecule has 0 saturated heterocycles. The molecule has 0 bridgehead atoms. The summed E-state index contributed by atoms with van der Waals surface area (Å²) in [6.07, 6.45) is 0.611. The molecule has 0 fully saturated rings. The number of ether oxygens (including phenoxy) is 1. The summed E-state index contributed by atoms with van der Waals surface area (Å²) in [5, 5.41) is 0. The molecule has 2 nitrogen and oxygen atoms in total. The molecule has 0 aliphatic heterocycles. The minimum Gasteiger partial charge on any atom is -0.497 e. The third-order valence-corrected chi connectivity index (χ3v) is 3.50. The number of halogens is 1. The number of hydrogen-bond donors (Lipinski definition) is 1. The van der Waals surface area contributed by atoms with Gasteiger partial charge in [0.15, 0.2) is 0 Å². The van der Waals surface area contributed by atoms with Crippen LogP contribution >= 0.6 is 0 Å². The zero-order chi connectivity index (χ0) is 13.9. The molecular weight excluding hydrogens is 241 g/mol. The van der Waals surface area contributed by atoms with Crippen molar-refractivity contribution < 1.29 is 9.13 Å². The molecule has 1 atom stereocenters. The Morgan fingerprint density at radius 3 is 2.37 bits per heavy atom. The van der Waals surface area contributed by atoms with E-state index in [9.17, 15) is 4.39 Å². The highest BCUT2D eigenvalue weighted by atomic mass is 19.1. The number of nitrogens with two attached hydrogens (primary N) is 1. The van der Waals surface area contributed by atoms with E-state index in [0.717, 1.165) is 5.56 Å². The molecule has 2 rings (SSSR count). The first-order chi connectivity index (χ1) is 9.11. The van der Waals surface area contributed by atoms with Crippen LogP contribution in [0.25, 0.3) is 0 Å². The second-order valence-corrected chi connectivity index (χ2v) is 4.54. The summed E-state index contributed by atoms with van der Waals surface area (Å²) in [6.45, 7) is 1.96. The van der Waals surface area contributed by atoms with Crippen LogP contribution in [0.2, 0.25) is 0 Å². The van der Waals surface area contributed by atoms with Crippen LogP contribution in [0, 0.1) is 5.82 Å². The predicted octanol–water partition coefficient (Wildman–Crippen LogP) is 3.45. The maximum absolute atomic E-state index is 14.2. The van der Waals surface area contributed by atoms with Gasteiger partial charge in [-0.15, -0.1) is 0 Å². The van der Waals surface area contributed by atoms with Gasteiger partial charge < -0.3 is 10.5 Å². The van der Waals surface area contributed by atoms with Crippen molar-refractivity contribution in [3.05, 3.63) is 65.5 Å². The normalized spacial score (nSPS) is 13.9. The topological polar surface area (TPSA) is 35.2 Å². The van der Waals surface area contributed by atoms with Gasteiger partial charge in [-0.05, 0) is 18.1 Å². The second-order valence-electron chi connectivity index (χ2n) is 4.54. The number of benzene rings is 2. The molecule has 2 N–H and O–H groups in total. The largest absolute Gasteiger partial charge is 0.497 e. The monoisotopic (exact) mass is 259 g/mol. The standard InChI is InChI=1S/C16H18FNO/c1-3-16(18,12-7-5-4-6-8-12)14-10-9-13(19-2)11-15(14)17/h4-11H,3,18H2,1-2H3. The summed E-state index contributed by atoms with van der Waals surface area (Å²) in [5.41, 5.74) is 7.02. The maximum atomic E-state index is 14.2. The van der Waals surface area contributed by atoms with Crippen LogP contribution in [0.4, 0.5) is 4.39 Å². The van der Waals surface area contributed by atoms with E-state index in [0.29, 0.717) is 17.7 Å². The lowest BCUT2D eigenvalue weighted by molar-refractivity contribution is 0.407. The highest BCUT2D eigenvalue weighted by molar-refractivity contribution is 5.41. The Hall–Kier alpha value is -1.87. The van der Waals surface area contributed by atoms with Crippen LogP contribution < -0.4 is 10.5 Å². The van der Waals surface area contributed by atoms with Gasteiger partial charge in [0.05, 0.1) is 12.6 Å². The lowest BCUT2D eigenvalue weighted by Gasteiger charge is -2.30. The van der Waals surface area contributed by atoms with Crippen LogP contribution in [-0.4, -0.2) is 7.11 Å².